The van der Waals surface area contributed by atoms with Crippen molar-refractivity contribution in [3.05, 3.63) is 64.8 Å². The Morgan fingerprint density at radius 1 is 1.07 bits per heavy atom. The van der Waals surface area contributed by atoms with Gasteiger partial charge < -0.3 is 11.5 Å². The molecule has 0 saturated carbocycles. The van der Waals surface area contributed by atoms with Crippen molar-refractivity contribution in [1.82, 2.24) is 9.78 Å². The zero-order valence-corrected chi connectivity index (χ0v) is 14.0. The van der Waals surface area contributed by atoms with Gasteiger partial charge in [0.05, 0.1) is 16.9 Å². The van der Waals surface area contributed by atoms with Crippen molar-refractivity contribution in [1.29, 1.82) is 0 Å². The van der Waals surface area contributed by atoms with Gasteiger partial charge in [-0.1, -0.05) is 6.07 Å². The highest BCUT2D eigenvalue weighted by Crippen LogP contribution is 2.38. The van der Waals surface area contributed by atoms with Gasteiger partial charge in [0.25, 0.3) is 5.91 Å². The minimum Gasteiger partial charge on any atom is -0.399 e. The Balaban J connectivity index is 1.94. The van der Waals surface area contributed by atoms with Gasteiger partial charge in [-0.15, -0.1) is 0 Å². The zero-order chi connectivity index (χ0) is 19.3. The molecule has 1 aliphatic rings. The fourth-order valence-electron chi connectivity index (χ4n) is 3.43. The highest BCUT2D eigenvalue weighted by molar-refractivity contribution is 5.95. The van der Waals surface area contributed by atoms with Crippen molar-refractivity contribution in [3.8, 4) is 16.9 Å². The van der Waals surface area contributed by atoms with Gasteiger partial charge >= 0.3 is 6.18 Å². The summed E-state index contributed by atoms with van der Waals surface area (Å²) in [6, 6.07) is 10.1. The van der Waals surface area contributed by atoms with Gasteiger partial charge in [-0.05, 0) is 54.8 Å². The number of carbonyl (C=O) groups excluding carboxylic acids is 1. The quantitative estimate of drug-likeness (QED) is 0.677. The fourth-order valence-corrected chi connectivity index (χ4v) is 3.43. The highest BCUT2D eigenvalue weighted by Gasteiger charge is 2.31. The van der Waals surface area contributed by atoms with Crippen molar-refractivity contribution < 1.29 is 18.0 Å². The minimum atomic E-state index is -4.43. The third-order valence-electron chi connectivity index (χ3n) is 4.69. The van der Waals surface area contributed by atoms with E-state index in [2.05, 4.69) is 5.10 Å². The van der Waals surface area contributed by atoms with E-state index in [1.165, 1.54) is 16.8 Å². The Morgan fingerprint density at radius 3 is 2.41 bits per heavy atom. The lowest BCUT2D eigenvalue weighted by atomic mass is 9.88. The first-order chi connectivity index (χ1) is 12.8. The third-order valence-corrected chi connectivity index (χ3v) is 4.69. The van der Waals surface area contributed by atoms with Crippen LogP contribution in [0, 0.1) is 0 Å². The molecule has 1 heterocycles. The number of rotatable bonds is 2. The summed E-state index contributed by atoms with van der Waals surface area (Å²) in [5, 5.41) is 4.30. The summed E-state index contributed by atoms with van der Waals surface area (Å²) in [4.78, 5) is 11.9. The molecular formula is C19H15F3N4O. The number of aromatic nitrogens is 2. The summed E-state index contributed by atoms with van der Waals surface area (Å²) in [5.74, 6) is -0.677. The van der Waals surface area contributed by atoms with Gasteiger partial charge in [0, 0.05) is 16.8 Å². The number of benzene rings is 2. The van der Waals surface area contributed by atoms with Crippen LogP contribution in [0.2, 0.25) is 0 Å². The number of hydrogen-bond donors (Lipinski definition) is 2. The molecule has 2 aromatic carbocycles. The van der Waals surface area contributed by atoms with Gasteiger partial charge in [0.15, 0.2) is 5.69 Å². The largest absolute Gasteiger partial charge is 0.416 e. The van der Waals surface area contributed by atoms with E-state index in [4.69, 9.17) is 11.5 Å². The molecule has 0 aliphatic heterocycles. The Morgan fingerprint density at radius 2 is 1.78 bits per heavy atom. The second kappa shape index (κ2) is 5.87. The molecule has 1 aliphatic carbocycles. The van der Waals surface area contributed by atoms with Crippen LogP contribution >= 0.6 is 0 Å². The van der Waals surface area contributed by atoms with E-state index in [0.717, 1.165) is 23.3 Å². The number of aryl methyl sites for hydroxylation is 1. The first-order valence-electron chi connectivity index (χ1n) is 8.24. The maximum atomic E-state index is 12.8. The monoisotopic (exact) mass is 372 g/mol. The zero-order valence-electron chi connectivity index (χ0n) is 14.0. The number of anilines is 1. The number of nitrogens with two attached hydrogens (primary N) is 2. The van der Waals surface area contributed by atoms with Crippen LogP contribution in [-0.2, 0) is 19.0 Å². The van der Waals surface area contributed by atoms with E-state index in [0.29, 0.717) is 35.5 Å². The molecule has 4 N–H and O–H groups in total. The molecule has 5 nitrogen and oxygen atoms in total. The lowest BCUT2D eigenvalue weighted by Crippen LogP contribution is -2.15. The number of carbonyl (C=O) groups is 1. The molecule has 8 heteroatoms. The SMILES string of the molecule is NC(=O)c1nn(-c2ccc(C(F)(F)F)cc2)c2c1CCc1ccc(N)cc1-2. The smallest absolute Gasteiger partial charge is 0.399 e. The Kier molecular flexibility index (Phi) is 3.73. The molecule has 0 atom stereocenters. The van der Waals surface area contributed by atoms with Crippen molar-refractivity contribution in [2.75, 3.05) is 5.73 Å². The summed E-state index contributed by atoms with van der Waals surface area (Å²) in [7, 11) is 0. The van der Waals surface area contributed by atoms with E-state index in [1.54, 1.807) is 12.1 Å². The topological polar surface area (TPSA) is 86.9 Å². The molecular weight excluding hydrogens is 357 g/mol. The molecule has 0 bridgehead atoms. The van der Waals surface area contributed by atoms with E-state index in [9.17, 15) is 18.0 Å². The van der Waals surface area contributed by atoms with Crippen molar-refractivity contribution in [3.63, 3.8) is 0 Å². The van der Waals surface area contributed by atoms with Gasteiger partial charge in [-0.3, -0.25) is 4.79 Å². The fraction of sp³-hybridized carbons (Fsp3) is 0.158. The van der Waals surface area contributed by atoms with Gasteiger partial charge in [0.2, 0.25) is 0 Å². The van der Waals surface area contributed by atoms with E-state index in [-0.39, 0.29) is 5.69 Å². The molecule has 0 saturated heterocycles. The molecule has 27 heavy (non-hydrogen) atoms. The number of primary amides is 1. The lowest BCUT2D eigenvalue weighted by Gasteiger charge is -2.19. The van der Waals surface area contributed by atoms with Crippen molar-refractivity contribution in [2.24, 2.45) is 5.73 Å². The second-order valence-corrected chi connectivity index (χ2v) is 6.41. The maximum Gasteiger partial charge on any atom is 0.416 e. The molecule has 1 amide bonds. The number of alkyl halides is 3. The average Bonchev–Trinajstić information content (AvgIpc) is 3.01. The first-order valence-corrected chi connectivity index (χ1v) is 8.24. The normalized spacial score (nSPS) is 13.1. The van der Waals surface area contributed by atoms with Crippen LogP contribution in [0.5, 0.6) is 0 Å². The van der Waals surface area contributed by atoms with E-state index in [1.807, 2.05) is 6.07 Å². The van der Waals surface area contributed by atoms with Crippen molar-refractivity contribution >= 4 is 11.6 Å². The first kappa shape index (κ1) is 17.1. The summed E-state index contributed by atoms with van der Waals surface area (Å²) in [6.07, 6.45) is -3.17. The number of amides is 1. The predicted molar refractivity (Wildman–Crippen MR) is 94.3 cm³/mol. The average molecular weight is 372 g/mol. The molecule has 0 radical (unpaired) electrons. The Bertz CT molecular complexity index is 1050. The molecule has 138 valence electrons. The highest BCUT2D eigenvalue weighted by atomic mass is 19.4. The number of hydrogen-bond acceptors (Lipinski definition) is 3. The second-order valence-electron chi connectivity index (χ2n) is 6.41. The van der Waals surface area contributed by atoms with E-state index >= 15 is 0 Å². The number of fused-ring (bicyclic) bond motifs is 3. The Labute approximate surface area is 152 Å². The van der Waals surface area contributed by atoms with Gasteiger partial charge in [-0.2, -0.15) is 18.3 Å². The van der Waals surface area contributed by atoms with Crippen LogP contribution in [0.4, 0.5) is 18.9 Å². The minimum absolute atomic E-state index is 0.123. The van der Waals surface area contributed by atoms with Crippen molar-refractivity contribution in [2.45, 2.75) is 19.0 Å². The molecule has 0 unspecified atom stereocenters. The van der Waals surface area contributed by atoms with Crippen LogP contribution in [-0.4, -0.2) is 15.7 Å². The van der Waals surface area contributed by atoms with Crippen LogP contribution in [0.25, 0.3) is 16.9 Å². The van der Waals surface area contributed by atoms with Crippen LogP contribution in [0.15, 0.2) is 42.5 Å². The number of nitrogens with zero attached hydrogens (tertiary/aromatic N) is 2. The van der Waals surface area contributed by atoms with E-state index < -0.39 is 17.6 Å². The van der Waals surface area contributed by atoms with Gasteiger partial charge in [0.1, 0.15) is 0 Å². The summed E-state index contributed by atoms with van der Waals surface area (Å²) in [5.41, 5.74) is 14.8. The lowest BCUT2D eigenvalue weighted by molar-refractivity contribution is -0.137. The Hall–Kier alpha value is -3.29. The third kappa shape index (κ3) is 2.83. The van der Waals surface area contributed by atoms with Crippen LogP contribution < -0.4 is 11.5 Å². The summed E-state index contributed by atoms with van der Waals surface area (Å²) in [6.45, 7) is 0. The number of halogens is 3. The summed E-state index contributed by atoms with van der Waals surface area (Å²) >= 11 is 0. The standard InChI is InChI=1S/C19H15F3N4O/c20-19(21,22)11-3-6-13(7-4-11)26-17-14(16(25-26)18(24)27)8-2-10-1-5-12(23)9-15(10)17/h1,3-7,9H,2,8,23H2,(H2,24,27). The molecule has 4 rings (SSSR count). The number of nitrogen functional groups attached to an aromatic ring is 1. The molecule has 0 fully saturated rings. The predicted octanol–water partition coefficient (Wildman–Crippen LogP) is 3.34. The van der Waals surface area contributed by atoms with Crippen LogP contribution in [0.1, 0.15) is 27.2 Å². The summed E-state index contributed by atoms with van der Waals surface area (Å²) < 4.78 is 40.0. The molecule has 3 aromatic rings. The van der Waals surface area contributed by atoms with Gasteiger partial charge in [-0.25, -0.2) is 4.68 Å². The molecule has 1 aromatic heterocycles. The maximum absolute atomic E-state index is 12.8. The molecule has 0 spiro atoms. The van der Waals surface area contributed by atoms with Crippen LogP contribution in [0.3, 0.4) is 0 Å².